The molecule has 0 saturated heterocycles. The number of carbonyl (C=O) groups excluding carboxylic acids is 1. The van der Waals surface area contributed by atoms with Gasteiger partial charge in [0.05, 0.1) is 18.4 Å². The maximum Gasteiger partial charge on any atom is 0.340 e. The second-order valence-corrected chi connectivity index (χ2v) is 7.42. The largest absolute Gasteiger partial charge is 0.465 e. The zero-order valence-electron chi connectivity index (χ0n) is 17.0. The summed E-state index contributed by atoms with van der Waals surface area (Å²) in [5.41, 5.74) is 8.78. The number of benzene rings is 3. The van der Waals surface area contributed by atoms with E-state index in [2.05, 4.69) is 60.1 Å². The van der Waals surface area contributed by atoms with Crippen molar-refractivity contribution in [1.82, 2.24) is 0 Å². The Labute approximate surface area is 171 Å². The van der Waals surface area contributed by atoms with Gasteiger partial charge in [0.1, 0.15) is 0 Å². The number of fused-ring (bicyclic) bond motifs is 1. The van der Waals surface area contributed by atoms with Gasteiger partial charge < -0.3 is 9.64 Å². The van der Waals surface area contributed by atoms with Crippen LogP contribution in [0.25, 0.3) is 0 Å². The minimum atomic E-state index is -0.382. The lowest BCUT2D eigenvalue weighted by Gasteiger charge is -2.17. The maximum absolute atomic E-state index is 11.9. The van der Waals surface area contributed by atoms with Crippen LogP contribution in [0.4, 0.5) is 11.4 Å². The highest BCUT2D eigenvalue weighted by Crippen LogP contribution is 2.30. The van der Waals surface area contributed by atoms with Crippen molar-refractivity contribution in [3.8, 4) is 0 Å². The van der Waals surface area contributed by atoms with Gasteiger partial charge in [0, 0.05) is 25.0 Å². The van der Waals surface area contributed by atoms with Crippen molar-refractivity contribution in [3.05, 3.63) is 94.0 Å². The fraction of sp³-hybridized carbons (Fsp3) is 0.200. The van der Waals surface area contributed by atoms with Gasteiger partial charge in [0.25, 0.3) is 0 Å². The van der Waals surface area contributed by atoms with Crippen LogP contribution in [0.1, 0.15) is 38.2 Å². The monoisotopic (exact) mass is 384 g/mol. The zero-order valence-corrected chi connectivity index (χ0v) is 17.0. The Bertz CT molecular complexity index is 1050. The normalized spacial score (nSPS) is 13.0. The number of rotatable bonds is 4. The molecule has 1 aliphatic rings. The molecule has 0 fully saturated rings. The molecule has 0 aliphatic carbocycles. The summed E-state index contributed by atoms with van der Waals surface area (Å²) in [6, 6.07) is 20.2. The van der Waals surface area contributed by atoms with E-state index >= 15 is 0 Å². The van der Waals surface area contributed by atoms with Gasteiger partial charge in [0.15, 0.2) is 0 Å². The Hall–Kier alpha value is -3.40. The number of aliphatic imine (C=N–C) groups is 1. The van der Waals surface area contributed by atoms with Crippen LogP contribution in [0.5, 0.6) is 0 Å². The molecule has 29 heavy (non-hydrogen) atoms. The summed E-state index contributed by atoms with van der Waals surface area (Å²) in [6.45, 7) is 6.22. The lowest BCUT2D eigenvalue weighted by Crippen LogP contribution is -2.14. The van der Waals surface area contributed by atoms with Gasteiger partial charge in [-0.05, 0) is 65.9 Å². The molecule has 146 valence electrons. The Kier molecular flexibility index (Phi) is 5.17. The van der Waals surface area contributed by atoms with Gasteiger partial charge >= 0.3 is 5.97 Å². The standard InChI is InChI=1S/C25H24N2O2/c1-17-12-20-15-27(16-21(20)13-18(17)2)22-10-8-19(9-11-22)14-26-24-7-5-4-6-23(24)25(28)29-3/h4-14H,15-16H2,1-3H3. The molecule has 4 rings (SSSR count). The van der Waals surface area contributed by atoms with Crippen molar-refractivity contribution in [2.75, 3.05) is 12.0 Å². The van der Waals surface area contributed by atoms with Crippen molar-refractivity contribution < 1.29 is 9.53 Å². The summed E-state index contributed by atoms with van der Waals surface area (Å²) in [7, 11) is 1.38. The summed E-state index contributed by atoms with van der Waals surface area (Å²) < 4.78 is 4.82. The lowest BCUT2D eigenvalue weighted by atomic mass is 10.0. The first-order valence-electron chi connectivity index (χ1n) is 9.70. The molecule has 3 aromatic rings. The van der Waals surface area contributed by atoms with Crippen LogP contribution in [0.15, 0.2) is 65.7 Å². The van der Waals surface area contributed by atoms with Gasteiger partial charge in [0.2, 0.25) is 0 Å². The third kappa shape index (κ3) is 3.92. The molecule has 0 amide bonds. The van der Waals surface area contributed by atoms with Crippen molar-refractivity contribution >= 4 is 23.6 Å². The smallest absolute Gasteiger partial charge is 0.340 e. The average Bonchev–Trinajstić information content (AvgIpc) is 3.15. The van der Waals surface area contributed by atoms with E-state index in [4.69, 9.17) is 4.74 Å². The van der Waals surface area contributed by atoms with Crippen LogP contribution in [0, 0.1) is 13.8 Å². The van der Waals surface area contributed by atoms with Crippen molar-refractivity contribution in [2.45, 2.75) is 26.9 Å². The average molecular weight is 384 g/mol. The van der Waals surface area contributed by atoms with Gasteiger partial charge in [-0.1, -0.05) is 36.4 Å². The fourth-order valence-electron chi connectivity index (χ4n) is 3.66. The third-order valence-corrected chi connectivity index (χ3v) is 5.46. The number of esters is 1. The van der Waals surface area contributed by atoms with Crippen molar-refractivity contribution in [2.24, 2.45) is 4.99 Å². The van der Waals surface area contributed by atoms with Crippen LogP contribution in [0.3, 0.4) is 0 Å². The molecule has 1 aliphatic heterocycles. The number of carbonyl (C=O) groups is 1. The topological polar surface area (TPSA) is 41.9 Å². The molecule has 0 aromatic heterocycles. The molecule has 0 bridgehead atoms. The van der Waals surface area contributed by atoms with Crippen LogP contribution in [-0.2, 0) is 17.8 Å². The molecule has 0 spiro atoms. The summed E-state index contributed by atoms with van der Waals surface area (Å²) in [5, 5.41) is 0. The summed E-state index contributed by atoms with van der Waals surface area (Å²) in [5.74, 6) is -0.382. The Balaban J connectivity index is 1.50. The number of anilines is 1. The molecule has 0 atom stereocenters. The summed E-state index contributed by atoms with van der Waals surface area (Å²) >= 11 is 0. The molecule has 0 saturated carbocycles. The number of methoxy groups -OCH3 is 1. The number of hydrogen-bond acceptors (Lipinski definition) is 4. The van der Waals surface area contributed by atoms with Crippen LogP contribution in [0.2, 0.25) is 0 Å². The molecule has 3 aromatic carbocycles. The van der Waals surface area contributed by atoms with Crippen molar-refractivity contribution in [3.63, 3.8) is 0 Å². The van der Waals surface area contributed by atoms with Crippen molar-refractivity contribution in [1.29, 1.82) is 0 Å². The van der Waals surface area contributed by atoms with Gasteiger partial charge in [-0.3, -0.25) is 4.99 Å². The first kappa shape index (κ1) is 18.9. The van der Waals surface area contributed by atoms with E-state index < -0.39 is 0 Å². The van der Waals surface area contributed by atoms with Crippen LogP contribution in [-0.4, -0.2) is 19.3 Å². The third-order valence-electron chi connectivity index (χ3n) is 5.46. The Morgan fingerprint density at radius 2 is 1.59 bits per heavy atom. The number of aryl methyl sites for hydroxylation is 2. The first-order chi connectivity index (χ1) is 14.0. The Morgan fingerprint density at radius 1 is 0.966 bits per heavy atom. The van der Waals surface area contributed by atoms with E-state index in [0.29, 0.717) is 11.3 Å². The number of hydrogen-bond donors (Lipinski definition) is 0. The van der Waals surface area contributed by atoms with E-state index in [0.717, 1.165) is 18.7 Å². The minimum absolute atomic E-state index is 0.382. The SMILES string of the molecule is COC(=O)c1ccccc1N=Cc1ccc(N2Cc3cc(C)c(C)cc3C2)cc1. The Morgan fingerprint density at radius 3 is 2.21 bits per heavy atom. The van der Waals surface area contributed by atoms with E-state index in [1.807, 2.05) is 12.1 Å². The second-order valence-electron chi connectivity index (χ2n) is 7.42. The van der Waals surface area contributed by atoms with E-state index in [1.54, 1.807) is 18.3 Å². The lowest BCUT2D eigenvalue weighted by molar-refractivity contribution is 0.0601. The highest BCUT2D eigenvalue weighted by atomic mass is 16.5. The molecule has 0 unspecified atom stereocenters. The zero-order chi connectivity index (χ0) is 20.4. The molecular formula is C25H24N2O2. The van der Waals surface area contributed by atoms with E-state index in [9.17, 15) is 4.79 Å². The van der Waals surface area contributed by atoms with E-state index in [1.165, 1.54) is 35.1 Å². The molecule has 0 radical (unpaired) electrons. The van der Waals surface area contributed by atoms with Gasteiger partial charge in [-0.2, -0.15) is 0 Å². The van der Waals surface area contributed by atoms with Crippen LogP contribution >= 0.6 is 0 Å². The highest BCUT2D eigenvalue weighted by molar-refractivity contribution is 5.96. The number of nitrogens with zero attached hydrogens (tertiary/aromatic N) is 2. The highest BCUT2D eigenvalue weighted by Gasteiger charge is 2.20. The molecule has 4 heteroatoms. The second kappa shape index (κ2) is 7.92. The molecule has 1 heterocycles. The predicted octanol–water partition coefficient (Wildman–Crippen LogP) is 5.36. The maximum atomic E-state index is 11.9. The number of ether oxygens (including phenoxy) is 1. The summed E-state index contributed by atoms with van der Waals surface area (Å²) in [4.78, 5) is 18.7. The number of para-hydroxylation sites is 1. The van der Waals surface area contributed by atoms with Gasteiger partial charge in [-0.15, -0.1) is 0 Å². The van der Waals surface area contributed by atoms with Crippen LogP contribution < -0.4 is 4.90 Å². The molecule has 4 nitrogen and oxygen atoms in total. The predicted molar refractivity (Wildman–Crippen MR) is 117 cm³/mol. The quantitative estimate of drug-likeness (QED) is 0.449. The molecular weight excluding hydrogens is 360 g/mol. The summed E-state index contributed by atoms with van der Waals surface area (Å²) in [6.07, 6.45) is 1.77. The molecule has 0 N–H and O–H groups in total. The first-order valence-corrected chi connectivity index (χ1v) is 9.70. The van der Waals surface area contributed by atoms with E-state index in [-0.39, 0.29) is 5.97 Å². The minimum Gasteiger partial charge on any atom is -0.465 e. The van der Waals surface area contributed by atoms with Gasteiger partial charge in [-0.25, -0.2) is 4.79 Å². The fourth-order valence-corrected chi connectivity index (χ4v) is 3.66.